The van der Waals surface area contributed by atoms with Crippen molar-refractivity contribution in [3.05, 3.63) is 53.1 Å². The van der Waals surface area contributed by atoms with Crippen LogP contribution in [0.25, 0.3) is 0 Å². The van der Waals surface area contributed by atoms with Gasteiger partial charge in [-0.05, 0) is 55.2 Å². The topological polar surface area (TPSA) is 108 Å². The van der Waals surface area contributed by atoms with Gasteiger partial charge >= 0.3 is 12.0 Å². The van der Waals surface area contributed by atoms with Crippen molar-refractivity contribution in [2.45, 2.75) is 51.9 Å². The normalized spacial score (nSPS) is 15.1. The molecule has 0 unspecified atom stereocenters. The van der Waals surface area contributed by atoms with Gasteiger partial charge in [0.15, 0.2) is 0 Å². The number of hydrogen-bond donors (Lipinski definition) is 3. The van der Waals surface area contributed by atoms with Crippen molar-refractivity contribution in [2.24, 2.45) is 0 Å². The lowest BCUT2D eigenvalue weighted by Crippen LogP contribution is -2.49. The maximum Gasteiger partial charge on any atom is 0.318 e. The van der Waals surface area contributed by atoms with Crippen LogP contribution in [-0.2, 0) is 16.0 Å². The Morgan fingerprint density at radius 3 is 2.41 bits per heavy atom. The number of fused-ring (bicyclic) bond motifs is 1. The molecule has 0 aromatic heterocycles. The van der Waals surface area contributed by atoms with Gasteiger partial charge in [-0.1, -0.05) is 25.7 Å². The van der Waals surface area contributed by atoms with E-state index in [1.54, 1.807) is 12.1 Å². The van der Waals surface area contributed by atoms with Gasteiger partial charge in [0.1, 0.15) is 23.4 Å². The Kier molecular flexibility index (Phi) is 8.90. The summed E-state index contributed by atoms with van der Waals surface area (Å²) in [7, 11) is -2.30. The van der Waals surface area contributed by atoms with Gasteiger partial charge in [-0.25, -0.2) is 13.6 Å². The van der Waals surface area contributed by atoms with Crippen LogP contribution in [0.1, 0.15) is 36.9 Å². The first kappa shape index (κ1) is 28.1. The fourth-order valence-electron chi connectivity index (χ4n) is 4.47. The molecule has 0 aliphatic carbocycles. The average molecular weight is 534 g/mol. The molecule has 0 saturated heterocycles. The minimum atomic E-state index is -2.30. The van der Waals surface area contributed by atoms with E-state index in [1.165, 1.54) is 4.90 Å². The number of benzene rings is 2. The second-order valence-electron chi connectivity index (χ2n) is 9.92. The maximum absolute atomic E-state index is 14.8. The van der Waals surface area contributed by atoms with Crippen molar-refractivity contribution < 1.29 is 33.0 Å². The van der Waals surface area contributed by atoms with Crippen molar-refractivity contribution in [2.75, 3.05) is 25.0 Å². The molecule has 0 spiro atoms. The Morgan fingerprint density at radius 1 is 1.14 bits per heavy atom. The van der Waals surface area contributed by atoms with Crippen molar-refractivity contribution in [3.63, 3.8) is 0 Å². The maximum atomic E-state index is 14.8. The lowest BCUT2D eigenvalue weighted by molar-refractivity contribution is -0.137. The minimum absolute atomic E-state index is 0.0399. The number of aliphatic carboxylic acids is 1. The van der Waals surface area contributed by atoms with E-state index in [9.17, 15) is 23.2 Å². The number of carbonyl (C=O) groups is 3. The Morgan fingerprint density at radius 2 is 1.81 bits per heavy atom. The average Bonchev–Trinajstić information content (AvgIpc) is 2.79. The lowest BCUT2D eigenvalue weighted by atomic mass is 9.91. The Balaban J connectivity index is 1.90. The lowest BCUT2D eigenvalue weighted by Gasteiger charge is -2.36. The second kappa shape index (κ2) is 11.7. The smallest absolute Gasteiger partial charge is 0.318 e. The molecule has 3 rings (SSSR count). The van der Waals surface area contributed by atoms with Gasteiger partial charge in [0.05, 0.1) is 14.7 Å². The van der Waals surface area contributed by atoms with Crippen molar-refractivity contribution in [3.8, 4) is 5.75 Å². The van der Waals surface area contributed by atoms with Crippen molar-refractivity contribution in [1.29, 1.82) is 0 Å². The van der Waals surface area contributed by atoms with E-state index >= 15 is 0 Å². The molecule has 3 N–H and O–H groups in total. The number of urea groups is 1. The summed E-state index contributed by atoms with van der Waals surface area (Å²) < 4.78 is 35.2. The predicted molar refractivity (Wildman–Crippen MR) is 139 cm³/mol. The summed E-state index contributed by atoms with van der Waals surface area (Å²) in [6.07, 6.45) is 0.608. The summed E-state index contributed by atoms with van der Waals surface area (Å²) in [5.74, 6) is -2.38. The fourth-order valence-corrected chi connectivity index (χ4v) is 6.05. The van der Waals surface area contributed by atoms with Crippen LogP contribution in [0.4, 0.5) is 19.3 Å². The molecular formula is C26H33F2N3O5Si. The molecular weight excluding hydrogens is 500 g/mol. The zero-order chi connectivity index (χ0) is 27.3. The van der Waals surface area contributed by atoms with E-state index in [1.807, 2.05) is 32.6 Å². The van der Waals surface area contributed by atoms with Crippen LogP contribution in [0.2, 0.25) is 19.6 Å². The zero-order valence-corrected chi connectivity index (χ0v) is 22.5. The highest BCUT2D eigenvalue weighted by molar-refractivity contribution is 6.88. The third-order valence-corrected chi connectivity index (χ3v) is 8.04. The van der Waals surface area contributed by atoms with Crippen LogP contribution >= 0.6 is 0 Å². The molecule has 1 aliphatic rings. The zero-order valence-electron chi connectivity index (χ0n) is 21.5. The molecule has 0 fully saturated rings. The summed E-state index contributed by atoms with van der Waals surface area (Å²) in [4.78, 5) is 38.6. The number of hydrogen-bond acceptors (Lipinski definition) is 4. The van der Waals surface area contributed by atoms with E-state index in [-0.39, 0.29) is 36.8 Å². The molecule has 0 radical (unpaired) electrons. The molecule has 2 aromatic carbocycles. The van der Waals surface area contributed by atoms with Gasteiger partial charge in [0.25, 0.3) is 5.91 Å². The first-order valence-electron chi connectivity index (χ1n) is 12.2. The standard InChI is InChI=1S/C26H33F2N3O5Si/c1-5-36-18-8-9-19-16(13-18)10-12-31(26(35)29-11-6-7-22(32)33)23(19)25(34)30-17-14-20(27)24(21(28)15-17)37(2,3)4/h8-9,13-15,23H,5-7,10-12H2,1-4H3,(H,29,35)(H,30,34)(H,32,33)/t23-/m1/s1. The molecule has 37 heavy (non-hydrogen) atoms. The summed E-state index contributed by atoms with van der Waals surface area (Å²) in [5, 5.41) is 14.1. The van der Waals surface area contributed by atoms with Crippen LogP contribution < -0.4 is 20.6 Å². The van der Waals surface area contributed by atoms with Gasteiger partial charge in [0.2, 0.25) is 0 Å². The number of ether oxygens (including phenoxy) is 1. The van der Waals surface area contributed by atoms with Gasteiger partial charge in [-0.15, -0.1) is 0 Å². The number of halogens is 2. The van der Waals surface area contributed by atoms with E-state index in [2.05, 4.69) is 10.6 Å². The minimum Gasteiger partial charge on any atom is -0.494 e. The molecule has 1 heterocycles. The SMILES string of the molecule is CCOc1ccc2c(c1)CCN(C(=O)NCCCC(=O)O)[C@H]2C(=O)Nc1cc(F)c([Si](C)(C)C)c(F)c1. The van der Waals surface area contributed by atoms with Crippen LogP contribution in [-0.4, -0.2) is 55.7 Å². The first-order valence-corrected chi connectivity index (χ1v) is 15.7. The number of carbonyl (C=O) groups excluding carboxylic acids is 2. The number of anilines is 1. The van der Waals surface area contributed by atoms with Gasteiger partial charge in [-0.2, -0.15) is 0 Å². The van der Waals surface area contributed by atoms with Crippen molar-refractivity contribution in [1.82, 2.24) is 10.2 Å². The number of nitrogens with zero attached hydrogens (tertiary/aromatic N) is 1. The molecule has 1 aliphatic heterocycles. The number of amides is 3. The molecule has 8 nitrogen and oxygen atoms in total. The Bertz CT molecular complexity index is 1160. The monoisotopic (exact) mass is 533 g/mol. The summed E-state index contributed by atoms with van der Waals surface area (Å²) in [6.45, 7) is 8.15. The van der Waals surface area contributed by atoms with Gasteiger partial charge in [-0.3, -0.25) is 9.59 Å². The highest BCUT2D eigenvalue weighted by atomic mass is 28.3. The highest BCUT2D eigenvalue weighted by Gasteiger charge is 2.36. The summed E-state index contributed by atoms with van der Waals surface area (Å²) in [5.41, 5.74) is 1.36. The number of carboxylic acid groups (broad SMARTS) is 1. The third kappa shape index (κ3) is 6.85. The Hall–Kier alpha value is -3.47. The third-order valence-electron chi connectivity index (χ3n) is 6.07. The number of carboxylic acids is 1. The summed E-state index contributed by atoms with van der Waals surface area (Å²) >= 11 is 0. The predicted octanol–water partition coefficient (Wildman–Crippen LogP) is 4.02. The first-order chi connectivity index (χ1) is 17.4. The van der Waals surface area contributed by atoms with Crippen LogP contribution in [0.3, 0.4) is 0 Å². The molecule has 200 valence electrons. The largest absolute Gasteiger partial charge is 0.494 e. The van der Waals surface area contributed by atoms with E-state index < -0.39 is 43.7 Å². The molecule has 3 amide bonds. The van der Waals surface area contributed by atoms with Crippen LogP contribution in [0, 0.1) is 11.6 Å². The Labute approximate surface area is 216 Å². The van der Waals surface area contributed by atoms with Crippen LogP contribution in [0.5, 0.6) is 5.75 Å². The molecule has 0 saturated carbocycles. The quantitative estimate of drug-likeness (QED) is 0.333. The molecule has 2 aromatic rings. The van der Waals surface area contributed by atoms with Crippen molar-refractivity contribution >= 4 is 36.9 Å². The van der Waals surface area contributed by atoms with E-state index in [4.69, 9.17) is 9.84 Å². The van der Waals surface area contributed by atoms with Crippen LogP contribution in [0.15, 0.2) is 30.3 Å². The molecule has 1 atom stereocenters. The van der Waals surface area contributed by atoms with Gasteiger partial charge < -0.3 is 25.4 Å². The molecule has 11 heteroatoms. The molecule has 0 bridgehead atoms. The number of rotatable bonds is 9. The van der Waals surface area contributed by atoms with Gasteiger partial charge in [0, 0.05) is 30.4 Å². The van der Waals surface area contributed by atoms with E-state index in [0.29, 0.717) is 24.3 Å². The fraction of sp³-hybridized carbons (Fsp3) is 0.423. The van der Waals surface area contributed by atoms with E-state index in [0.717, 1.165) is 17.7 Å². The summed E-state index contributed by atoms with van der Waals surface area (Å²) in [6, 6.07) is 5.85. The number of nitrogens with one attached hydrogen (secondary N) is 2. The second-order valence-corrected chi connectivity index (χ2v) is 14.9. The highest BCUT2D eigenvalue weighted by Crippen LogP contribution is 2.33.